The maximum absolute atomic E-state index is 12.5. The summed E-state index contributed by atoms with van der Waals surface area (Å²) in [4.78, 5) is 14.5. The number of carbonyl (C=O) groups excluding carboxylic acids is 1. The molecule has 1 aromatic rings. The third-order valence-electron chi connectivity index (χ3n) is 3.36. The molecule has 18 heavy (non-hydrogen) atoms. The van der Waals surface area contributed by atoms with Crippen molar-refractivity contribution in [2.75, 3.05) is 13.1 Å². The molecule has 0 radical (unpaired) electrons. The van der Waals surface area contributed by atoms with Crippen LogP contribution in [-0.4, -0.2) is 40.5 Å². The second-order valence-corrected chi connectivity index (χ2v) is 5.27. The highest BCUT2D eigenvalue weighted by Gasteiger charge is 2.26. The van der Waals surface area contributed by atoms with Gasteiger partial charge in [-0.2, -0.15) is 0 Å². The Morgan fingerprint density at radius 3 is 2.67 bits per heavy atom. The van der Waals surface area contributed by atoms with Crippen molar-refractivity contribution in [2.45, 2.75) is 45.8 Å². The van der Waals surface area contributed by atoms with Gasteiger partial charge in [0.2, 0.25) is 0 Å². The Bertz CT molecular complexity index is 403. The Hall–Kier alpha value is -1.29. The Kier molecular flexibility index (Phi) is 4.07. The lowest BCUT2D eigenvalue weighted by atomic mass is 10.1. The van der Waals surface area contributed by atoms with Crippen molar-refractivity contribution in [3.63, 3.8) is 0 Å². The molecule has 4 nitrogen and oxygen atoms in total. The van der Waals surface area contributed by atoms with Crippen LogP contribution in [0.5, 0.6) is 0 Å². The number of hydrogen-bond acceptors (Lipinski definition) is 2. The third kappa shape index (κ3) is 2.75. The van der Waals surface area contributed by atoms with E-state index >= 15 is 0 Å². The number of piperazine rings is 1. The number of carbonyl (C=O) groups is 1. The standard InChI is InChI=1S/C14H23N3O/c1-4-7-16-8-5-6-13(16)14(18)17-9-11(2)15-12(3)10-17/h5-6,8,11-12,15H,4,7,9-10H2,1-3H3. The van der Waals surface area contributed by atoms with Crippen LogP contribution >= 0.6 is 0 Å². The van der Waals surface area contributed by atoms with Crippen LogP contribution in [0.2, 0.25) is 0 Å². The van der Waals surface area contributed by atoms with Gasteiger partial charge in [0.05, 0.1) is 0 Å². The van der Waals surface area contributed by atoms with E-state index in [4.69, 9.17) is 0 Å². The predicted molar refractivity (Wildman–Crippen MR) is 72.7 cm³/mol. The van der Waals surface area contributed by atoms with Crippen LogP contribution < -0.4 is 5.32 Å². The fraction of sp³-hybridized carbons (Fsp3) is 0.643. The van der Waals surface area contributed by atoms with Crippen LogP contribution in [-0.2, 0) is 6.54 Å². The maximum Gasteiger partial charge on any atom is 0.270 e. The van der Waals surface area contributed by atoms with Gasteiger partial charge in [0.15, 0.2) is 0 Å². The quantitative estimate of drug-likeness (QED) is 0.885. The molecule has 1 fully saturated rings. The number of aryl methyl sites for hydroxylation is 1. The van der Waals surface area contributed by atoms with Crippen molar-refractivity contribution in [3.05, 3.63) is 24.0 Å². The average molecular weight is 249 g/mol. The summed E-state index contributed by atoms with van der Waals surface area (Å²) in [6.45, 7) is 8.87. The minimum Gasteiger partial charge on any atom is -0.344 e. The normalized spacial score (nSPS) is 24.3. The van der Waals surface area contributed by atoms with Crippen LogP contribution in [0.3, 0.4) is 0 Å². The predicted octanol–water partition coefficient (Wildman–Crippen LogP) is 1.72. The zero-order valence-corrected chi connectivity index (χ0v) is 11.5. The highest BCUT2D eigenvalue weighted by Crippen LogP contribution is 2.12. The monoisotopic (exact) mass is 249 g/mol. The van der Waals surface area contributed by atoms with Gasteiger partial charge in [-0.1, -0.05) is 6.92 Å². The molecule has 0 spiro atoms. The highest BCUT2D eigenvalue weighted by molar-refractivity contribution is 5.93. The van der Waals surface area contributed by atoms with Gasteiger partial charge in [-0.15, -0.1) is 0 Å². The van der Waals surface area contributed by atoms with Crippen molar-refractivity contribution in [2.24, 2.45) is 0 Å². The summed E-state index contributed by atoms with van der Waals surface area (Å²) >= 11 is 0. The Morgan fingerprint density at radius 1 is 1.39 bits per heavy atom. The molecule has 1 aliphatic heterocycles. The van der Waals surface area contributed by atoms with E-state index in [0.717, 1.165) is 31.7 Å². The van der Waals surface area contributed by atoms with E-state index < -0.39 is 0 Å². The first-order valence-corrected chi connectivity index (χ1v) is 6.82. The fourth-order valence-electron chi connectivity index (χ4n) is 2.70. The van der Waals surface area contributed by atoms with Crippen molar-refractivity contribution < 1.29 is 4.79 Å². The lowest BCUT2D eigenvalue weighted by Gasteiger charge is -2.36. The van der Waals surface area contributed by atoms with Crippen molar-refractivity contribution in [3.8, 4) is 0 Å². The number of aromatic nitrogens is 1. The van der Waals surface area contributed by atoms with Crippen molar-refractivity contribution >= 4 is 5.91 Å². The van der Waals surface area contributed by atoms with E-state index in [1.807, 2.05) is 23.2 Å². The average Bonchev–Trinajstić information content (AvgIpc) is 2.75. The summed E-state index contributed by atoms with van der Waals surface area (Å²) in [6, 6.07) is 4.62. The van der Waals surface area contributed by atoms with Gasteiger partial charge in [-0.3, -0.25) is 4.79 Å². The van der Waals surface area contributed by atoms with Gasteiger partial charge in [-0.25, -0.2) is 0 Å². The van der Waals surface area contributed by atoms with E-state index in [2.05, 4.69) is 30.7 Å². The zero-order chi connectivity index (χ0) is 13.1. The fourth-order valence-corrected chi connectivity index (χ4v) is 2.70. The SMILES string of the molecule is CCCn1cccc1C(=O)N1CC(C)NC(C)C1. The minimum absolute atomic E-state index is 0.161. The second kappa shape index (κ2) is 5.57. The van der Waals surface area contributed by atoms with E-state index in [1.165, 1.54) is 0 Å². The minimum atomic E-state index is 0.161. The Balaban J connectivity index is 2.12. The van der Waals surface area contributed by atoms with Crippen LogP contribution in [0.4, 0.5) is 0 Å². The lowest BCUT2D eigenvalue weighted by Crippen LogP contribution is -2.56. The molecule has 1 N–H and O–H groups in total. The van der Waals surface area contributed by atoms with Crippen LogP contribution in [0.15, 0.2) is 18.3 Å². The summed E-state index contributed by atoms with van der Waals surface area (Å²) < 4.78 is 2.06. The molecule has 0 aliphatic carbocycles. The zero-order valence-electron chi connectivity index (χ0n) is 11.5. The van der Waals surface area contributed by atoms with E-state index in [1.54, 1.807) is 0 Å². The second-order valence-electron chi connectivity index (χ2n) is 5.27. The van der Waals surface area contributed by atoms with Gasteiger partial charge >= 0.3 is 0 Å². The Labute approximate surface area is 109 Å². The molecule has 0 saturated carbocycles. The molecule has 1 saturated heterocycles. The molecule has 1 aromatic heterocycles. The van der Waals surface area contributed by atoms with Gasteiger partial charge < -0.3 is 14.8 Å². The molecule has 4 heteroatoms. The molecular weight excluding hydrogens is 226 g/mol. The summed E-state index contributed by atoms with van der Waals surface area (Å²) in [5.74, 6) is 0.161. The molecule has 1 amide bonds. The summed E-state index contributed by atoms with van der Waals surface area (Å²) in [5, 5.41) is 3.45. The third-order valence-corrected chi connectivity index (χ3v) is 3.36. The van der Waals surface area contributed by atoms with E-state index in [9.17, 15) is 4.79 Å². The molecule has 2 atom stereocenters. The molecule has 2 unspecified atom stereocenters. The number of nitrogens with one attached hydrogen (secondary N) is 1. The number of nitrogens with zero attached hydrogens (tertiary/aromatic N) is 2. The summed E-state index contributed by atoms with van der Waals surface area (Å²) in [5.41, 5.74) is 0.818. The molecule has 2 rings (SSSR count). The van der Waals surface area contributed by atoms with Gasteiger partial charge in [-0.05, 0) is 32.4 Å². The van der Waals surface area contributed by atoms with E-state index in [0.29, 0.717) is 12.1 Å². The van der Waals surface area contributed by atoms with Gasteiger partial charge in [0.1, 0.15) is 5.69 Å². The molecule has 0 aromatic carbocycles. The lowest BCUT2D eigenvalue weighted by molar-refractivity contribution is 0.0662. The van der Waals surface area contributed by atoms with Crippen LogP contribution in [0, 0.1) is 0 Å². The van der Waals surface area contributed by atoms with Gasteiger partial charge in [0.25, 0.3) is 5.91 Å². The molecule has 2 heterocycles. The van der Waals surface area contributed by atoms with Crippen LogP contribution in [0.25, 0.3) is 0 Å². The topological polar surface area (TPSA) is 37.3 Å². The number of amides is 1. The molecule has 100 valence electrons. The number of hydrogen-bond donors (Lipinski definition) is 1. The Morgan fingerprint density at radius 2 is 2.06 bits per heavy atom. The molecular formula is C14H23N3O. The first-order chi connectivity index (χ1) is 8.61. The van der Waals surface area contributed by atoms with Gasteiger partial charge in [0, 0.05) is 37.9 Å². The van der Waals surface area contributed by atoms with Crippen LogP contribution in [0.1, 0.15) is 37.7 Å². The summed E-state index contributed by atoms with van der Waals surface area (Å²) in [6.07, 6.45) is 3.04. The summed E-state index contributed by atoms with van der Waals surface area (Å²) in [7, 11) is 0. The molecule has 0 bridgehead atoms. The number of rotatable bonds is 3. The molecule has 1 aliphatic rings. The first-order valence-electron chi connectivity index (χ1n) is 6.82. The smallest absolute Gasteiger partial charge is 0.270 e. The first kappa shape index (κ1) is 13.1. The van der Waals surface area contributed by atoms with E-state index in [-0.39, 0.29) is 5.91 Å². The highest BCUT2D eigenvalue weighted by atomic mass is 16.2. The largest absolute Gasteiger partial charge is 0.344 e. The van der Waals surface area contributed by atoms with Crippen molar-refractivity contribution in [1.29, 1.82) is 0 Å². The maximum atomic E-state index is 12.5. The van der Waals surface area contributed by atoms with Crippen molar-refractivity contribution in [1.82, 2.24) is 14.8 Å².